The summed E-state index contributed by atoms with van der Waals surface area (Å²) in [5.74, 6) is 0.0817. The van der Waals surface area contributed by atoms with Crippen LogP contribution in [0.5, 0.6) is 0 Å². The third-order valence-electron chi connectivity index (χ3n) is 5.33. The molecule has 0 aliphatic carbocycles. The van der Waals surface area contributed by atoms with Gasteiger partial charge in [0.15, 0.2) is 0 Å². The molecule has 0 saturated carbocycles. The van der Waals surface area contributed by atoms with Crippen molar-refractivity contribution in [2.75, 3.05) is 32.8 Å². The number of carbonyl (C=O) groups is 1. The lowest BCUT2D eigenvalue weighted by molar-refractivity contribution is -0.0953. The highest BCUT2D eigenvalue weighted by molar-refractivity contribution is 5.93. The van der Waals surface area contributed by atoms with Crippen molar-refractivity contribution in [3.63, 3.8) is 0 Å². The molecule has 1 spiro atoms. The average Bonchev–Trinajstić information content (AvgIpc) is 3.21. The number of likely N-dealkylation sites (tertiary alicyclic amines) is 2. The predicted octanol–water partition coefficient (Wildman–Crippen LogP) is 0.982. The highest BCUT2D eigenvalue weighted by atomic mass is 16.5. The van der Waals surface area contributed by atoms with Gasteiger partial charge in [0.2, 0.25) is 0 Å². The molecule has 1 unspecified atom stereocenters. The van der Waals surface area contributed by atoms with Gasteiger partial charge in [-0.2, -0.15) is 5.10 Å². The van der Waals surface area contributed by atoms with Crippen LogP contribution in [0.15, 0.2) is 12.3 Å². The van der Waals surface area contributed by atoms with Crippen LogP contribution in [-0.4, -0.2) is 69.9 Å². The number of hydrogen-bond acceptors (Lipinski definition) is 4. The lowest BCUT2D eigenvalue weighted by Crippen LogP contribution is -2.63. The molecule has 1 amide bonds. The average molecular weight is 304 g/mol. The normalized spacial score (nSPS) is 27.5. The molecule has 3 aliphatic heterocycles. The van der Waals surface area contributed by atoms with Gasteiger partial charge >= 0.3 is 0 Å². The molecule has 120 valence electrons. The van der Waals surface area contributed by atoms with Gasteiger partial charge in [0.25, 0.3) is 5.91 Å². The third-order valence-corrected chi connectivity index (χ3v) is 5.33. The first-order valence-electron chi connectivity index (χ1n) is 8.40. The number of aromatic nitrogens is 2. The van der Waals surface area contributed by atoms with Crippen LogP contribution < -0.4 is 0 Å². The summed E-state index contributed by atoms with van der Waals surface area (Å²) in [6.07, 6.45) is 5.40. The smallest absolute Gasteiger partial charge is 0.272 e. The fourth-order valence-electron chi connectivity index (χ4n) is 4.10. The summed E-state index contributed by atoms with van der Waals surface area (Å²) < 4.78 is 7.86. The molecule has 3 fully saturated rings. The van der Waals surface area contributed by atoms with E-state index in [1.807, 2.05) is 11.8 Å². The van der Waals surface area contributed by atoms with Crippen LogP contribution in [0.2, 0.25) is 0 Å². The third kappa shape index (κ3) is 2.25. The highest BCUT2D eigenvalue weighted by Gasteiger charge is 2.52. The number of nitrogens with zero attached hydrogens (tertiary/aromatic N) is 4. The molecular weight excluding hydrogens is 280 g/mol. The molecule has 1 aromatic rings. The van der Waals surface area contributed by atoms with Crippen LogP contribution in [0.25, 0.3) is 0 Å². The fourth-order valence-corrected chi connectivity index (χ4v) is 4.10. The maximum absolute atomic E-state index is 12.5. The molecule has 0 bridgehead atoms. The first kappa shape index (κ1) is 14.2. The molecule has 1 aromatic heterocycles. The van der Waals surface area contributed by atoms with Crippen molar-refractivity contribution in [2.24, 2.45) is 0 Å². The van der Waals surface area contributed by atoms with Crippen molar-refractivity contribution in [3.05, 3.63) is 18.0 Å². The molecule has 3 aliphatic rings. The SMILES string of the molecule is CCn1nccc1C(=O)N1CC2(CC(N3CCCC3)CO2)C1. The number of carbonyl (C=O) groups excluding carboxylic acids is 1. The first-order valence-corrected chi connectivity index (χ1v) is 8.40. The van der Waals surface area contributed by atoms with Crippen LogP contribution in [0.4, 0.5) is 0 Å². The topological polar surface area (TPSA) is 50.6 Å². The van der Waals surface area contributed by atoms with E-state index < -0.39 is 0 Å². The van der Waals surface area contributed by atoms with Crippen molar-refractivity contribution in [3.8, 4) is 0 Å². The summed E-state index contributed by atoms with van der Waals surface area (Å²) in [6.45, 7) is 7.43. The van der Waals surface area contributed by atoms with Crippen LogP contribution >= 0.6 is 0 Å². The zero-order chi connectivity index (χ0) is 15.2. The van der Waals surface area contributed by atoms with E-state index in [9.17, 15) is 4.79 Å². The van der Waals surface area contributed by atoms with Gasteiger partial charge in [0.05, 0.1) is 19.7 Å². The lowest BCUT2D eigenvalue weighted by atomic mass is 9.88. The number of rotatable bonds is 3. The molecule has 6 heteroatoms. The molecular formula is C16H24N4O2. The highest BCUT2D eigenvalue weighted by Crippen LogP contribution is 2.38. The van der Waals surface area contributed by atoms with Gasteiger partial charge in [-0.1, -0.05) is 0 Å². The number of ether oxygens (including phenoxy) is 1. The van der Waals surface area contributed by atoms with Gasteiger partial charge in [0, 0.05) is 18.8 Å². The van der Waals surface area contributed by atoms with E-state index >= 15 is 0 Å². The van der Waals surface area contributed by atoms with Gasteiger partial charge in [-0.25, -0.2) is 0 Å². The summed E-state index contributed by atoms with van der Waals surface area (Å²) in [6, 6.07) is 2.36. The van der Waals surface area contributed by atoms with E-state index in [0.717, 1.165) is 32.7 Å². The molecule has 0 N–H and O–H groups in total. The number of hydrogen-bond donors (Lipinski definition) is 0. The second-order valence-electron chi connectivity index (χ2n) is 6.79. The second-order valence-corrected chi connectivity index (χ2v) is 6.79. The Morgan fingerprint density at radius 1 is 1.41 bits per heavy atom. The van der Waals surface area contributed by atoms with Crippen LogP contribution in [-0.2, 0) is 11.3 Å². The minimum Gasteiger partial charge on any atom is -0.370 e. The van der Waals surface area contributed by atoms with E-state index in [4.69, 9.17) is 4.74 Å². The van der Waals surface area contributed by atoms with Crippen molar-refractivity contribution >= 4 is 5.91 Å². The summed E-state index contributed by atoms with van der Waals surface area (Å²) in [5, 5.41) is 4.18. The molecule has 4 rings (SSSR count). The van der Waals surface area contributed by atoms with Gasteiger partial charge in [-0.15, -0.1) is 0 Å². The van der Waals surface area contributed by atoms with Crippen molar-refractivity contribution in [1.29, 1.82) is 0 Å². The van der Waals surface area contributed by atoms with E-state index in [0.29, 0.717) is 11.7 Å². The van der Waals surface area contributed by atoms with Crippen LogP contribution in [0.1, 0.15) is 36.7 Å². The molecule has 6 nitrogen and oxygen atoms in total. The van der Waals surface area contributed by atoms with Gasteiger partial charge in [-0.05, 0) is 45.3 Å². The minimum absolute atomic E-state index is 0.0817. The minimum atomic E-state index is -0.0834. The Balaban J connectivity index is 1.37. The van der Waals surface area contributed by atoms with E-state index in [-0.39, 0.29) is 11.5 Å². The quantitative estimate of drug-likeness (QED) is 0.835. The van der Waals surface area contributed by atoms with Crippen molar-refractivity contribution < 1.29 is 9.53 Å². The van der Waals surface area contributed by atoms with Gasteiger partial charge < -0.3 is 9.64 Å². The maximum Gasteiger partial charge on any atom is 0.272 e. The van der Waals surface area contributed by atoms with Crippen LogP contribution in [0, 0.1) is 0 Å². The molecule has 0 aromatic carbocycles. The zero-order valence-corrected chi connectivity index (χ0v) is 13.2. The first-order chi connectivity index (χ1) is 10.7. The lowest BCUT2D eigenvalue weighted by Gasteiger charge is -2.47. The Bertz CT molecular complexity index is 558. The molecule has 22 heavy (non-hydrogen) atoms. The number of aryl methyl sites for hydroxylation is 1. The predicted molar refractivity (Wildman–Crippen MR) is 81.7 cm³/mol. The van der Waals surface area contributed by atoms with E-state index in [1.54, 1.807) is 16.9 Å². The Kier molecular flexibility index (Phi) is 3.46. The van der Waals surface area contributed by atoms with Crippen molar-refractivity contribution in [2.45, 2.75) is 44.4 Å². The molecule has 1 atom stereocenters. The monoisotopic (exact) mass is 304 g/mol. The summed E-state index contributed by atoms with van der Waals surface area (Å²) >= 11 is 0. The number of amides is 1. The summed E-state index contributed by atoms with van der Waals surface area (Å²) in [5.41, 5.74) is 0.603. The zero-order valence-electron chi connectivity index (χ0n) is 13.2. The Hall–Kier alpha value is -1.40. The Labute approximate surface area is 131 Å². The van der Waals surface area contributed by atoms with E-state index in [1.165, 1.54) is 25.9 Å². The Morgan fingerprint density at radius 3 is 2.91 bits per heavy atom. The second kappa shape index (κ2) is 5.35. The molecule has 0 radical (unpaired) electrons. The van der Waals surface area contributed by atoms with Crippen LogP contribution in [0.3, 0.4) is 0 Å². The largest absolute Gasteiger partial charge is 0.370 e. The fraction of sp³-hybridized carbons (Fsp3) is 0.750. The standard InChI is InChI=1S/C16H24N4O2/c1-2-20-14(5-6-17-20)15(21)19-11-16(12-19)9-13(10-22-16)18-7-3-4-8-18/h5-6,13H,2-4,7-12H2,1H3. The maximum atomic E-state index is 12.5. The summed E-state index contributed by atoms with van der Waals surface area (Å²) in [7, 11) is 0. The molecule has 4 heterocycles. The summed E-state index contributed by atoms with van der Waals surface area (Å²) in [4.78, 5) is 17.0. The van der Waals surface area contributed by atoms with Crippen molar-refractivity contribution in [1.82, 2.24) is 19.6 Å². The van der Waals surface area contributed by atoms with Gasteiger partial charge in [0.1, 0.15) is 11.3 Å². The van der Waals surface area contributed by atoms with E-state index in [2.05, 4.69) is 10.00 Å². The van der Waals surface area contributed by atoms with Gasteiger partial charge in [-0.3, -0.25) is 14.4 Å². The Morgan fingerprint density at radius 2 is 2.18 bits per heavy atom. The molecule has 3 saturated heterocycles.